The minimum Gasteiger partial charge on any atom is -0.351 e. The molecule has 0 atom stereocenters. The van der Waals surface area contributed by atoms with E-state index in [0.29, 0.717) is 18.7 Å². The van der Waals surface area contributed by atoms with Gasteiger partial charge in [0.15, 0.2) is 0 Å². The molecule has 4 nitrogen and oxygen atoms in total. The van der Waals surface area contributed by atoms with Crippen LogP contribution in [0.1, 0.15) is 42.7 Å². The summed E-state index contributed by atoms with van der Waals surface area (Å²) in [5, 5.41) is 3.02. The molecule has 0 saturated heterocycles. The van der Waals surface area contributed by atoms with Gasteiger partial charge in [0.25, 0.3) is 5.91 Å². The predicted molar refractivity (Wildman–Crippen MR) is 81.3 cm³/mol. The molecular formula is C14H23N3OS. The largest absolute Gasteiger partial charge is 0.351 e. The Labute approximate surface area is 119 Å². The number of hydrogen-bond acceptors (Lipinski definition) is 4. The third kappa shape index (κ3) is 4.21. The van der Waals surface area contributed by atoms with Crippen molar-refractivity contribution >= 4 is 17.7 Å². The molecule has 5 heteroatoms. The number of nitrogens with zero attached hydrogens (tertiary/aromatic N) is 1. The van der Waals surface area contributed by atoms with E-state index in [4.69, 9.17) is 5.73 Å². The second kappa shape index (κ2) is 7.50. The maximum Gasteiger partial charge on any atom is 0.251 e. The number of carbonyl (C=O) groups is 1. The van der Waals surface area contributed by atoms with Gasteiger partial charge in [-0.3, -0.25) is 9.78 Å². The molecule has 1 aromatic heterocycles. The fourth-order valence-electron chi connectivity index (χ4n) is 1.94. The molecule has 0 unspecified atom stereocenters. The van der Waals surface area contributed by atoms with E-state index in [1.165, 1.54) is 0 Å². The van der Waals surface area contributed by atoms with E-state index in [1.54, 1.807) is 18.3 Å². The van der Waals surface area contributed by atoms with E-state index in [1.807, 2.05) is 11.8 Å². The number of pyridine rings is 1. The van der Waals surface area contributed by atoms with Crippen LogP contribution in [0.5, 0.6) is 0 Å². The van der Waals surface area contributed by atoms with Crippen molar-refractivity contribution in [2.75, 3.05) is 12.8 Å². The van der Waals surface area contributed by atoms with Gasteiger partial charge in [-0.15, -0.1) is 0 Å². The number of amides is 1. The zero-order chi connectivity index (χ0) is 14.3. The number of nitrogens with one attached hydrogen (secondary N) is 1. The zero-order valence-electron chi connectivity index (χ0n) is 11.9. The average molecular weight is 281 g/mol. The van der Waals surface area contributed by atoms with Crippen LogP contribution in [0.3, 0.4) is 0 Å². The number of carbonyl (C=O) groups excluding carboxylic acids is 1. The Morgan fingerprint density at radius 1 is 1.47 bits per heavy atom. The van der Waals surface area contributed by atoms with E-state index < -0.39 is 0 Å². The van der Waals surface area contributed by atoms with Crippen molar-refractivity contribution in [3.05, 3.63) is 29.6 Å². The van der Waals surface area contributed by atoms with Crippen LogP contribution in [-0.2, 0) is 6.54 Å². The maximum absolute atomic E-state index is 12.1. The first-order valence-electron chi connectivity index (χ1n) is 6.59. The van der Waals surface area contributed by atoms with Crippen LogP contribution in [0.15, 0.2) is 18.3 Å². The zero-order valence-corrected chi connectivity index (χ0v) is 12.7. The van der Waals surface area contributed by atoms with Crippen LogP contribution < -0.4 is 11.1 Å². The smallest absolute Gasteiger partial charge is 0.251 e. The third-order valence-corrected chi connectivity index (χ3v) is 5.17. The van der Waals surface area contributed by atoms with Gasteiger partial charge in [-0.1, -0.05) is 13.8 Å². The molecule has 0 aliphatic carbocycles. The van der Waals surface area contributed by atoms with Crippen LogP contribution in [0.25, 0.3) is 0 Å². The topological polar surface area (TPSA) is 68.0 Å². The highest BCUT2D eigenvalue weighted by Gasteiger charge is 2.25. The number of aromatic nitrogens is 1. The van der Waals surface area contributed by atoms with Gasteiger partial charge in [-0.2, -0.15) is 11.8 Å². The first-order valence-corrected chi connectivity index (χ1v) is 7.81. The van der Waals surface area contributed by atoms with E-state index in [2.05, 4.69) is 30.4 Å². The van der Waals surface area contributed by atoms with Crippen molar-refractivity contribution in [2.24, 2.45) is 5.73 Å². The summed E-state index contributed by atoms with van der Waals surface area (Å²) in [6, 6.07) is 3.46. The molecule has 1 aromatic rings. The molecule has 19 heavy (non-hydrogen) atoms. The normalized spacial score (nSPS) is 11.4. The molecule has 0 radical (unpaired) electrons. The highest BCUT2D eigenvalue weighted by molar-refractivity contribution is 8.00. The van der Waals surface area contributed by atoms with Crippen LogP contribution >= 0.6 is 11.8 Å². The molecule has 0 aliphatic rings. The predicted octanol–water partition coefficient (Wildman–Crippen LogP) is 2.19. The summed E-state index contributed by atoms with van der Waals surface area (Å²) >= 11 is 1.82. The lowest BCUT2D eigenvalue weighted by Gasteiger charge is -2.29. The molecule has 1 rings (SSSR count). The van der Waals surface area contributed by atoms with Crippen molar-refractivity contribution in [3.8, 4) is 0 Å². The van der Waals surface area contributed by atoms with Crippen molar-refractivity contribution in [2.45, 2.75) is 38.0 Å². The minimum absolute atomic E-state index is 0.0579. The fraction of sp³-hybridized carbons (Fsp3) is 0.571. The molecule has 0 fully saturated rings. The van der Waals surface area contributed by atoms with Gasteiger partial charge in [-0.25, -0.2) is 0 Å². The first-order chi connectivity index (χ1) is 9.10. The molecule has 0 aliphatic heterocycles. The SMILES string of the molecule is CCC(CC)(CNC(=O)c1ccnc(CN)c1)SC. The van der Waals surface area contributed by atoms with E-state index in [0.717, 1.165) is 18.5 Å². The monoisotopic (exact) mass is 281 g/mol. The lowest BCUT2D eigenvalue weighted by Crippen LogP contribution is -2.39. The minimum atomic E-state index is -0.0579. The number of nitrogens with two attached hydrogens (primary N) is 1. The van der Waals surface area contributed by atoms with E-state index in [-0.39, 0.29) is 10.7 Å². The molecular weight excluding hydrogens is 258 g/mol. The van der Waals surface area contributed by atoms with Gasteiger partial charge >= 0.3 is 0 Å². The maximum atomic E-state index is 12.1. The average Bonchev–Trinajstić information content (AvgIpc) is 2.49. The standard InChI is InChI=1S/C14H23N3OS/c1-4-14(5-2,19-3)10-17-13(18)11-6-7-16-12(8-11)9-15/h6-8H,4-5,9-10,15H2,1-3H3,(H,17,18). The van der Waals surface area contributed by atoms with E-state index >= 15 is 0 Å². The van der Waals surface area contributed by atoms with Crippen LogP contribution in [0.4, 0.5) is 0 Å². The Hall–Kier alpha value is -1.07. The Bertz CT molecular complexity index is 411. The molecule has 1 amide bonds. The molecule has 106 valence electrons. The summed E-state index contributed by atoms with van der Waals surface area (Å²) in [6.07, 6.45) is 5.79. The van der Waals surface area contributed by atoms with Crippen LogP contribution in [0, 0.1) is 0 Å². The lowest BCUT2D eigenvalue weighted by atomic mass is 10.0. The lowest BCUT2D eigenvalue weighted by molar-refractivity contribution is 0.0948. The number of thioether (sulfide) groups is 1. The van der Waals surface area contributed by atoms with Crippen LogP contribution in [-0.4, -0.2) is 28.4 Å². The van der Waals surface area contributed by atoms with Gasteiger partial charge in [-0.05, 0) is 31.2 Å². The van der Waals surface area contributed by atoms with Gasteiger partial charge in [0, 0.05) is 29.6 Å². The molecule has 0 aromatic carbocycles. The Kier molecular flexibility index (Phi) is 6.31. The Balaban J connectivity index is 2.69. The number of hydrogen-bond donors (Lipinski definition) is 2. The quantitative estimate of drug-likeness (QED) is 0.804. The summed E-state index contributed by atoms with van der Waals surface area (Å²) < 4.78 is 0.124. The summed E-state index contributed by atoms with van der Waals surface area (Å²) in [5.74, 6) is -0.0579. The van der Waals surface area contributed by atoms with Crippen molar-refractivity contribution in [1.29, 1.82) is 0 Å². The molecule has 1 heterocycles. The Morgan fingerprint density at radius 3 is 2.68 bits per heavy atom. The summed E-state index contributed by atoms with van der Waals surface area (Å²) in [4.78, 5) is 16.2. The summed E-state index contributed by atoms with van der Waals surface area (Å²) in [7, 11) is 0. The second-order valence-corrected chi connectivity index (χ2v) is 5.79. The summed E-state index contributed by atoms with van der Waals surface area (Å²) in [6.45, 7) is 5.34. The second-order valence-electron chi connectivity index (χ2n) is 4.52. The molecule has 0 spiro atoms. The van der Waals surface area contributed by atoms with Crippen molar-refractivity contribution < 1.29 is 4.79 Å². The van der Waals surface area contributed by atoms with Gasteiger partial charge in [0.05, 0.1) is 5.69 Å². The molecule has 0 saturated carbocycles. The highest BCUT2D eigenvalue weighted by Crippen LogP contribution is 2.29. The molecule has 3 N–H and O–H groups in total. The third-order valence-electron chi connectivity index (χ3n) is 3.58. The Morgan fingerprint density at radius 2 is 2.16 bits per heavy atom. The summed E-state index contributed by atoms with van der Waals surface area (Å²) in [5.41, 5.74) is 6.88. The van der Waals surface area contributed by atoms with Gasteiger partial charge < -0.3 is 11.1 Å². The number of rotatable bonds is 7. The fourth-order valence-corrected chi connectivity index (χ4v) is 2.73. The van der Waals surface area contributed by atoms with E-state index in [9.17, 15) is 4.79 Å². The van der Waals surface area contributed by atoms with Crippen molar-refractivity contribution in [3.63, 3.8) is 0 Å². The highest BCUT2D eigenvalue weighted by atomic mass is 32.2. The van der Waals surface area contributed by atoms with Crippen molar-refractivity contribution in [1.82, 2.24) is 10.3 Å². The first kappa shape index (κ1) is 16.0. The van der Waals surface area contributed by atoms with Gasteiger partial charge in [0.1, 0.15) is 0 Å². The van der Waals surface area contributed by atoms with Gasteiger partial charge in [0.2, 0.25) is 0 Å². The molecule has 0 bridgehead atoms. The van der Waals surface area contributed by atoms with Crippen LogP contribution in [0.2, 0.25) is 0 Å².